The van der Waals surface area contributed by atoms with E-state index < -0.39 is 17.2 Å². The van der Waals surface area contributed by atoms with Crippen LogP contribution in [0, 0.1) is 0 Å². The van der Waals surface area contributed by atoms with Crippen LogP contribution in [-0.2, 0) is 31.0 Å². The maximum absolute atomic E-state index is 13.2. The molecule has 9 heteroatoms. The Morgan fingerprint density at radius 2 is 1.84 bits per heavy atom. The molecule has 1 amide bonds. The van der Waals surface area contributed by atoms with Crippen molar-refractivity contribution in [3.63, 3.8) is 0 Å². The number of fused-ring (bicyclic) bond motifs is 1. The van der Waals surface area contributed by atoms with Crippen molar-refractivity contribution in [1.82, 2.24) is 24.0 Å². The van der Waals surface area contributed by atoms with Gasteiger partial charge in [-0.25, -0.2) is 14.3 Å². The van der Waals surface area contributed by atoms with Gasteiger partial charge in [-0.05, 0) is 30.5 Å². The average molecular weight is 446 g/mol. The smallest absolute Gasteiger partial charge is 0.333 e. The van der Waals surface area contributed by atoms with E-state index in [0.29, 0.717) is 29.3 Å². The second kappa shape index (κ2) is 10.4. The van der Waals surface area contributed by atoms with Crippen LogP contribution in [0.5, 0.6) is 0 Å². The van der Waals surface area contributed by atoms with Crippen molar-refractivity contribution >= 4 is 28.7 Å². The zero-order chi connectivity index (χ0) is 22.4. The third-order valence-corrected chi connectivity index (χ3v) is 5.39. The van der Waals surface area contributed by atoms with Crippen molar-refractivity contribution in [2.75, 3.05) is 0 Å². The molecule has 0 aliphatic carbocycles. The van der Waals surface area contributed by atoms with Crippen molar-refractivity contribution in [3.8, 4) is 0 Å². The molecule has 0 atom stereocenters. The standard InChI is InChI=1S/C22H28ClN5O3/c1-3-5-10-26-15-25-20-19(26)21(30)28(22(31)27(20)11-6-4-2)14-18(29)24-13-16-8-7-9-17(23)12-16/h7-9,12,15H,3-6,10-11,13-14H2,1-2H3,(H,24,29). The van der Waals surface area contributed by atoms with Gasteiger partial charge in [0, 0.05) is 24.7 Å². The number of hydrogen-bond donors (Lipinski definition) is 1. The molecular weight excluding hydrogens is 418 g/mol. The topological polar surface area (TPSA) is 90.9 Å². The molecule has 0 radical (unpaired) electrons. The van der Waals surface area contributed by atoms with Crippen molar-refractivity contribution in [3.05, 3.63) is 62.0 Å². The molecule has 0 spiro atoms. The predicted molar refractivity (Wildman–Crippen MR) is 121 cm³/mol. The van der Waals surface area contributed by atoms with Crippen LogP contribution in [-0.4, -0.2) is 24.6 Å². The highest BCUT2D eigenvalue weighted by Gasteiger charge is 2.19. The molecule has 0 aliphatic rings. The van der Waals surface area contributed by atoms with Crippen LogP contribution < -0.4 is 16.6 Å². The normalized spacial score (nSPS) is 11.2. The lowest BCUT2D eigenvalue weighted by atomic mass is 10.2. The fourth-order valence-electron chi connectivity index (χ4n) is 3.44. The van der Waals surface area contributed by atoms with Crippen molar-refractivity contribution in [1.29, 1.82) is 0 Å². The molecule has 1 N–H and O–H groups in total. The first-order chi connectivity index (χ1) is 15.0. The van der Waals surface area contributed by atoms with Crippen LogP contribution in [0.2, 0.25) is 5.02 Å². The van der Waals surface area contributed by atoms with E-state index in [0.717, 1.165) is 35.8 Å². The van der Waals surface area contributed by atoms with Crippen LogP contribution in [0.1, 0.15) is 45.1 Å². The van der Waals surface area contributed by atoms with Gasteiger partial charge in [-0.2, -0.15) is 0 Å². The summed E-state index contributed by atoms with van der Waals surface area (Å²) in [6, 6.07) is 7.15. The Hall–Kier alpha value is -2.87. The minimum absolute atomic E-state index is 0.259. The second-order valence-corrected chi connectivity index (χ2v) is 7.99. The minimum atomic E-state index is -0.510. The number of aryl methyl sites for hydroxylation is 2. The number of nitrogens with zero attached hydrogens (tertiary/aromatic N) is 4. The Balaban J connectivity index is 1.93. The number of nitrogens with one attached hydrogen (secondary N) is 1. The summed E-state index contributed by atoms with van der Waals surface area (Å²) in [4.78, 5) is 43.1. The van der Waals surface area contributed by atoms with Gasteiger partial charge in [0.25, 0.3) is 5.56 Å². The van der Waals surface area contributed by atoms with Gasteiger partial charge in [-0.1, -0.05) is 50.4 Å². The number of hydrogen-bond acceptors (Lipinski definition) is 4. The Bertz CT molecular complexity index is 1180. The SMILES string of the molecule is CCCCn1cnc2c1c(=O)n(CC(=O)NCc1cccc(Cl)c1)c(=O)n2CCCC. The number of carbonyl (C=O) groups excluding carboxylic acids is 1. The summed E-state index contributed by atoms with van der Waals surface area (Å²) >= 11 is 5.98. The Kier molecular flexibility index (Phi) is 7.68. The third-order valence-electron chi connectivity index (χ3n) is 5.15. The second-order valence-electron chi connectivity index (χ2n) is 7.55. The molecule has 0 saturated heterocycles. The van der Waals surface area contributed by atoms with E-state index in [1.807, 2.05) is 13.0 Å². The van der Waals surface area contributed by atoms with Gasteiger partial charge in [-0.15, -0.1) is 0 Å². The van der Waals surface area contributed by atoms with Crippen LogP contribution in [0.4, 0.5) is 0 Å². The Labute approximate surface area is 185 Å². The number of carbonyl (C=O) groups is 1. The molecule has 0 bridgehead atoms. The monoisotopic (exact) mass is 445 g/mol. The summed E-state index contributed by atoms with van der Waals surface area (Å²) < 4.78 is 4.30. The first-order valence-electron chi connectivity index (χ1n) is 10.7. The molecule has 8 nitrogen and oxygen atoms in total. The quantitative estimate of drug-likeness (QED) is 0.519. The maximum atomic E-state index is 13.2. The first kappa shape index (κ1) is 22.8. The lowest BCUT2D eigenvalue weighted by Crippen LogP contribution is -2.44. The summed E-state index contributed by atoms with van der Waals surface area (Å²) in [6.07, 6.45) is 5.13. The van der Waals surface area contributed by atoms with Crippen LogP contribution in [0.3, 0.4) is 0 Å². The molecule has 31 heavy (non-hydrogen) atoms. The minimum Gasteiger partial charge on any atom is -0.350 e. The molecule has 0 aliphatic heterocycles. The largest absolute Gasteiger partial charge is 0.350 e. The summed E-state index contributed by atoms with van der Waals surface area (Å²) in [5, 5.41) is 3.33. The summed E-state index contributed by atoms with van der Waals surface area (Å²) in [5.41, 5.74) is 0.590. The van der Waals surface area contributed by atoms with E-state index in [2.05, 4.69) is 17.2 Å². The highest BCUT2D eigenvalue weighted by molar-refractivity contribution is 6.30. The van der Waals surface area contributed by atoms with Crippen LogP contribution in [0.15, 0.2) is 40.2 Å². The predicted octanol–water partition coefficient (Wildman–Crippen LogP) is 2.93. The van der Waals surface area contributed by atoms with Gasteiger partial charge >= 0.3 is 5.69 Å². The molecule has 2 heterocycles. The molecule has 0 fully saturated rings. The van der Waals surface area contributed by atoms with Gasteiger partial charge in [0.05, 0.1) is 6.33 Å². The summed E-state index contributed by atoms with van der Waals surface area (Å²) in [6.45, 7) is 5.09. The number of imidazole rings is 1. The Morgan fingerprint density at radius 1 is 1.10 bits per heavy atom. The molecule has 166 valence electrons. The van der Waals surface area contributed by atoms with Crippen LogP contribution in [0.25, 0.3) is 11.2 Å². The first-order valence-corrected chi connectivity index (χ1v) is 11.0. The van der Waals surface area contributed by atoms with E-state index in [9.17, 15) is 14.4 Å². The van der Waals surface area contributed by atoms with E-state index in [4.69, 9.17) is 11.6 Å². The third kappa shape index (κ3) is 5.25. The molecule has 0 saturated carbocycles. The molecule has 3 rings (SSSR count). The Morgan fingerprint density at radius 3 is 2.55 bits per heavy atom. The fraction of sp³-hybridized carbons (Fsp3) is 0.455. The number of aromatic nitrogens is 4. The molecule has 1 aromatic carbocycles. The number of halogens is 1. The lowest BCUT2D eigenvalue weighted by Gasteiger charge is -2.12. The van der Waals surface area contributed by atoms with Gasteiger partial charge in [0.15, 0.2) is 11.2 Å². The van der Waals surface area contributed by atoms with Crippen molar-refractivity contribution in [2.45, 2.75) is 65.7 Å². The number of unbranched alkanes of at least 4 members (excludes halogenated alkanes) is 2. The number of amides is 1. The van der Waals surface area contributed by atoms with E-state index in [-0.39, 0.29) is 13.1 Å². The molecular formula is C22H28ClN5O3. The van der Waals surface area contributed by atoms with Gasteiger partial charge in [-0.3, -0.25) is 14.2 Å². The highest BCUT2D eigenvalue weighted by atomic mass is 35.5. The lowest BCUT2D eigenvalue weighted by molar-refractivity contribution is -0.121. The van der Waals surface area contributed by atoms with Gasteiger partial charge in [0.2, 0.25) is 5.91 Å². The van der Waals surface area contributed by atoms with Gasteiger partial charge < -0.3 is 9.88 Å². The zero-order valence-electron chi connectivity index (χ0n) is 17.9. The molecule has 2 aromatic heterocycles. The van der Waals surface area contributed by atoms with Gasteiger partial charge in [0.1, 0.15) is 6.54 Å². The summed E-state index contributed by atoms with van der Waals surface area (Å²) in [5.74, 6) is -0.416. The summed E-state index contributed by atoms with van der Waals surface area (Å²) in [7, 11) is 0. The van der Waals surface area contributed by atoms with E-state index in [1.54, 1.807) is 29.1 Å². The average Bonchev–Trinajstić information content (AvgIpc) is 3.17. The van der Waals surface area contributed by atoms with E-state index >= 15 is 0 Å². The molecule has 0 unspecified atom stereocenters. The van der Waals surface area contributed by atoms with Crippen molar-refractivity contribution < 1.29 is 4.79 Å². The molecule has 3 aromatic rings. The number of rotatable bonds is 10. The van der Waals surface area contributed by atoms with Crippen molar-refractivity contribution in [2.24, 2.45) is 0 Å². The highest BCUT2D eigenvalue weighted by Crippen LogP contribution is 2.11. The fourth-order valence-corrected chi connectivity index (χ4v) is 3.65. The zero-order valence-corrected chi connectivity index (χ0v) is 18.7. The number of benzene rings is 1. The maximum Gasteiger partial charge on any atom is 0.333 e. The van der Waals surface area contributed by atoms with Crippen LogP contribution >= 0.6 is 11.6 Å². The van der Waals surface area contributed by atoms with E-state index in [1.165, 1.54) is 4.57 Å².